The SMILES string of the molecule is CC(C)C(=O)[C@H]1OC(O)(C(=O)O)[C@H](O)[C@H]1O. The van der Waals surface area contributed by atoms with Crippen molar-refractivity contribution in [2.24, 2.45) is 5.92 Å². The molecule has 1 saturated heterocycles. The van der Waals surface area contributed by atoms with Crippen LogP contribution in [0.4, 0.5) is 0 Å². The van der Waals surface area contributed by atoms with Crippen molar-refractivity contribution in [3.05, 3.63) is 0 Å². The Morgan fingerprint density at radius 3 is 2.12 bits per heavy atom. The van der Waals surface area contributed by atoms with Gasteiger partial charge in [-0.25, -0.2) is 4.79 Å². The monoisotopic (exact) mass is 234 g/mol. The first kappa shape index (κ1) is 13.0. The number of rotatable bonds is 3. The van der Waals surface area contributed by atoms with E-state index in [1.54, 1.807) is 0 Å². The first-order valence-electron chi connectivity index (χ1n) is 4.75. The number of carbonyl (C=O) groups excluding carboxylic acids is 1. The minimum atomic E-state index is -2.94. The van der Waals surface area contributed by atoms with E-state index in [1.165, 1.54) is 13.8 Å². The Balaban J connectivity index is 2.96. The summed E-state index contributed by atoms with van der Waals surface area (Å²) in [5.74, 6) is -5.88. The second kappa shape index (κ2) is 4.10. The summed E-state index contributed by atoms with van der Waals surface area (Å²) in [4.78, 5) is 22.2. The highest BCUT2D eigenvalue weighted by atomic mass is 16.7. The molecule has 1 aliphatic heterocycles. The van der Waals surface area contributed by atoms with Crippen molar-refractivity contribution in [3.8, 4) is 0 Å². The predicted octanol–water partition coefficient (Wildman–Crippen LogP) is -1.89. The minimum Gasteiger partial charge on any atom is -0.477 e. The van der Waals surface area contributed by atoms with E-state index in [-0.39, 0.29) is 0 Å². The standard InChI is InChI=1S/C9H14O7/c1-3(2)4(10)6-5(11)7(12)9(15,16-6)8(13)14/h3,5-7,11-12,15H,1-2H3,(H,13,14)/t5-,6+,7+,9?/m0/s1. The van der Waals surface area contributed by atoms with Crippen LogP contribution in [0.25, 0.3) is 0 Å². The highest BCUT2D eigenvalue weighted by Crippen LogP contribution is 2.31. The largest absolute Gasteiger partial charge is 0.477 e. The van der Waals surface area contributed by atoms with Crippen molar-refractivity contribution in [2.75, 3.05) is 0 Å². The minimum absolute atomic E-state index is 0.511. The van der Waals surface area contributed by atoms with E-state index in [9.17, 15) is 24.9 Å². The number of carbonyl (C=O) groups is 2. The van der Waals surface area contributed by atoms with Crippen LogP contribution in [-0.2, 0) is 14.3 Å². The molecule has 0 aliphatic carbocycles. The zero-order valence-corrected chi connectivity index (χ0v) is 8.82. The fraction of sp³-hybridized carbons (Fsp3) is 0.778. The van der Waals surface area contributed by atoms with Crippen LogP contribution in [0.5, 0.6) is 0 Å². The van der Waals surface area contributed by atoms with Gasteiger partial charge in [-0.2, -0.15) is 0 Å². The third-order valence-electron chi connectivity index (χ3n) is 2.50. The maximum atomic E-state index is 11.5. The predicted molar refractivity (Wildman–Crippen MR) is 49.3 cm³/mol. The second-order valence-corrected chi connectivity index (χ2v) is 4.03. The number of Topliss-reactive ketones (excluding diaryl/α,β-unsaturated/α-hetero) is 1. The van der Waals surface area contributed by atoms with Crippen molar-refractivity contribution in [1.29, 1.82) is 0 Å². The quantitative estimate of drug-likeness (QED) is 0.449. The van der Waals surface area contributed by atoms with Crippen LogP contribution in [0.1, 0.15) is 13.8 Å². The molecule has 1 heterocycles. The van der Waals surface area contributed by atoms with Gasteiger partial charge in [0.15, 0.2) is 5.78 Å². The van der Waals surface area contributed by atoms with Crippen molar-refractivity contribution in [3.63, 3.8) is 0 Å². The van der Waals surface area contributed by atoms with Gasteiger partial charge < -0.3 is 25.2 Å². The zero-order valence-electron chi connectivity index (χ0n) is 8.82. The maximum Gasteiger partial charge on any atom is 0.367 e. The number of hydrogen-bond acceptors (Lipinski definition) is 6. The molecule has 4 atom stereocenters. The summed E-state index contributed by atoms with van der Waals surface area (Å²) in [5.41, 5.74) is 0. The molecule has 0 aromatic rings. The molecule has 0 bridgehead atoms. The number of aliphatic carboxylic acids is 1. The normalized spacial score (nSPS) is 39.0. The van der Waals surface area contributed by atoms with Gasteiger partial charge in [0, 0.05) is 5.92 Å². The first-order valence-corrected chi connectivity index (χ1v) is 4.75. The van der Waals surface area contributed by atoms with Crippen LogP contribution >= 0.6 is 0 Å². The summed E-state index contributed by atoms with van der Waals surface area (Å²) in [6, 6.07) is 0. The molecule has 1 rings (SSSR count). The van der Waals surface area contributed by atoms with Gasteiger partial charge >= 0.3 is 5.97 Å². The lowest BCUT2D eigenvalue weighted by Crippen LogP contribution is -2.49. The third-order valence-corrected chi connectivity index (χ3v) is 2.50. The van der Waals surface area contributed by atoms with Gasteiger partial charge in [-0.05, 0) is 0 Å². The van der Waals surface area contributed by atoms with E-state index < -0.39 is 41.8 Å². The Bertz CT molecular complexity index is 313. The summed E-state index contributed by atoms with van der Waals surface area (Å²) in [6.45, 7) is 3.06. The summed E-state index contributed by atoms with van der Waals surface area (Å²) >= 11 is 0. The van der Waals surface area contributed by atoms with Crippen LogP contribution in [0.15, 0.2) is 0 Å². The molecular weight excluding hydrogens is 220 g/mol. The fourth-order valence-corrected chi connectivity index (χ4v) is 1.46. The Kier molecular flexibility index (Phi) is 3.34. The van der Waals surface area contributed by atoms with Gasteiger partial charge in [0.25, 0.3) is 5.79 Å². The highest BCUT2D eigenvalue weighted by molar-refractivity contribution is 5.87. The summed E-state index contributed by atoms with van der Waals surface area (Å²) in [6.07, 6.45) is -5.34. The van der Waals surface area contributed by atoms with Gasteiger partial charge in [-0.3, -0.25) is 4.79 Å². The molecule has 7 nitrogen and oxygen atoms in total. The molecule has 0 spiro atoms. The van der Waals surface area contributed by atoms with Crippen LogP contribution in [-0.4, -0.2) is 56.3 Å². The van der Waals surface area contributed by atoms with Gasteiger partial charge in [-0.1, -0.05) is 13.8 Å². The smallest absolute Gasteiger partial charge is 0.367 e. The van der Waals surface area contributed by atoms with E-state index in [4.69, 9.17) is 5.11 Å². The molecule has 0 amide bonds. The number of aliphatic hydroxyl groups is 3. The molecule has 7 heteroatoms. The number of ketones is 1. The lowest BCUT2D eigenvalue weighted by Gasteiger charge is -2.20. The molecule has 1 aliphatic rings. The highest BCUT2D eigenvalue weighted by Gasteiger charge is 2.60. The zero-order chi connectivity index (χ0) is 12.7. The number of hydrogen-bond donors (Lipinski definition) is 4. The second-order valence-electron chi connectivity index (χ2n) is 4.03. The van der Waals surface area contributed by atoms with Crippen molar-refractivity contribution in [1.82, 2.24) is 0 Å². The van der Waals surface area contributed by atoms with Crippen LogP contribution in [0.2, 0.25) is 0 Å². The molecule has 92 valence electrons. The van der Waals surface area contributed by atoms with E-state index in [0.29, 0.717) is 0 Å². The molecule has 1 unspecified atom stereocenters. The van der Waals surface area contributed by atoms with E-state index in [0.717, 1.165) is 0 Å². The fourth-order valence-electron chi connectivity index (χ4n) is 1.46. The first-order chi connectivity index (χ1) is 7.21. The summed E-state index contributed by atoms with van der Waals surface area (Å²) in [5, 5.41) is 36.8. The molecule has 0 radical (unpaired) electrons. The maximum absolute atomic E-state index is 11.5. The number of carboxylic acids is 1. The van der Waals surface area contributed by atoms with Crippen molar-refractivity contribution < 1.29 is 34.8 Å². The number of carboxylic acid groups (broad SMARTS) is 1. The summed E-state index contributed by atoms with van der Waals surface area (Å²) in [7, 11) is 0. The van der Waals surface area contributed by atoms with Crippen LogP contribution in [0, 0.1) is 5.92 Å². The Labute approximate surface area is 91.3 Å². The molecule has 0 saturated carbocycles. The van der Waals surface area contributed by atoms with E-state index >= 15 is 0 Å². The Morgan fingerprint density at radius 2 is 1.81 bits per heavy atom. The van der Waals surface area contributed by atoms with Crippen LogP contribution < -0.4 is 0 Å². The van der Waals surface area contributed by atoms with Crippen LogP contribution in [0.3, 0.4) is 0 Å². The lowest BCUT2D eigenvalue weighted by molar-refractivity contribution is -0.236. The molecule has 0 aromatic carbocycles. The Morgan fingerprint density at radius 1 is 1.31 bits per heavy atom. The Hall–Kier alpha value is -1.02. The molecule has 0 aromatic heterocycles. The topological polar surface area (TPSA) is 124 Å². The number of aliphatic hydroxyl groups excluding tert-OH is 2. The number of ether oxygens (including phenoxy) is 1. The van der Waals surface area contributed by atoms with E-state index in [2.05, 4.69) is 4.74 Å². The van der Waals surface area contributed by atoms with Gasteiger partial charge in [0.05, 0.1) is 0 Å². The van der Waals surface area contributed by atoms with Gasteiger partial charge in [-0.15, -0.1) is 0 Å². The van der Waals surface area contributed by atoms with Gasteiger partial charge in [0.2, 0.25) is 0 Å². The molecule has 16 heavy (non-hydrogen) atoms. The van der Waals surface area contributed by atoms with Crippen molar-refractivity contribution in [2.45, 2.75) is 37.9 Å². The summed E-state index contributed by atoms with van der Waals surface area (Å²) < 4.78 is 4.56. The van der Waals surface area contributed by atoms with E-state index in [1.807, 2.05) is 0 Å². The van der Waals surface area contributed by atoms with Crippen molar-refractivity contribution >= 4 is 11.8 Å². The lowest BCUT2D eigenvalue weighted by atomic mass is 9.97. The molecule has 1 fully saturated rings. The van der Waals surface area contributed by atoms with Gasteiger partial charge in [0.1, 0.15) is 18.3 Å². The molecular formula is C9H14O7. The average molecular weight is 234 g/mol. The third kappa shape index (κ3) is 1.82. The average Bonchev–Trinajstić information content (AvgIpc) is 2.43. The molecule has 4 N–H and O–H groups in total.